The average molecular weight is 166 g/mol. The van der Waals surface area contributed by atoms with Crippen LogP contribution in [-0.2, 0) is 0 Å². The lowest BCUT2D eigenvalue weighted by Gasteiger charge is -2.40. The normalized spacial score (nSPS) is 52.6. The molecule has 0 radical (unpaired) electrons. The highest BCUT2D eigenvalue weighted by atomic mass is 19.2. The lowest BCUT2D eigenvalue weighted by atomic mass is 9.80. The van der Waals surface area contributed by atoms with Crippen LogP contribution in [0.5, 0.6) is 0 Å². The zero-order valence-corrected chi connectivity index (χ0v) is 6.35. The van der Waals surface area contributed by atoms with E-state index in [2.05, 4.69) is 0 Å². The lowest BCUT2D eigenvalue weighted by molar-refractivity contribution is -0.269. The standard InChI is InChI=1S/C7H12F2O2/c1-6(10)4-2-3-5(8)7(6,9)11/h5,10-11H,2-4H2,1H3. The van der Waals surface area contributed by atoms with E-state index in [0.717, 1.165) is 6.92 Å². The molecule has 0 bridgehead atoms. The molecule has 0 spiro atoms. The molecule has 3 atom stereocenters. The summed E-state index contributed by atoms with van der Waals surface area (Å²) in [6.07, 6.45) is -1.49. The number of hydrogen-bond acceptors (Lipinski definition) is 2. The summed E-state index contributed by atoms with van der Waals surface area (Å²) in [7, 11) is 0. The Labute approximate surface area is 63.8 Å². The van der Waals surface area contributed by atoms with Crippen LogP contribution < -0.4 is 0 Å². The highest BCUT2D eigenvalue weighted by Gasteiger charge is 2.55. The smallest absolute Gasteiger partial charge is 0.266 e. The maximum atomic E-state index is 13.0. The monoisotopic (exact) mass is 166 g/mol. The van der Waals surface area contributed by atoms with E-state index in [1.54, 1.807) is 0 Å². The molecule has 1 saturated carbocycles. The fourth-order valence-electron chi connectivity index (χ4n) is 1.33. The molecule has 0 aromatic rings. The molecule has 1 aliphatic carbocycles. The SMILES string of the molecule is CC1(O)CCCC(F)C1(O)F. The van der Waals surface area contributed by atoms with E-state index in [0.29, 0.717) is 6.42 Å². The molecule has 2 nitrogen and oxygen atoms in total. The molecule has 1 fully saturated rings. The third kappa shape index (κ3) is 1.25. The fourth-order valence-corrected chi connectivity index (χ4v) is 1.33. The minimum atomic E-state index is -3.08. The molecular weight excluding hydrogens is 154 g/mol. The van der Waals surface area contributed by atoms with Crippen LogP contribution in [0, 0.1) is 0 Å². The van der Waals surface area contributed by atoms with E-state index in [1.165, 1.54) is 0 Å². The number of hydrogen-bond donors (Lipinski definition) is 2. The van der Waals surface area contributed by atoms with Gasteiger partial charge in [0.05, 0.1) is 0 Å². The van der Waals surface area contributed by atoms with Gasteiger partial charge in [0.25, 0.3) is 5.85 Å². The maximum Gasteiger partial charge on any atom is 0.266 e. The van der Waals surface area contributed by atoms with Gasteiger partial charge in [-0.2, -0.15) is 0 Å². The Bertz CT molecular complexity index is 157. The third-order valence-electron chi connectivity index (χ3n) is 2.29. The highest BCUT2D eigenvalue weighted by Crippen LogP contribution is 2.39. The maximum absolute atomic E-state index is 13.0. The molecule has 11 heavy (non-hydrogen) atoms. The van der Waals surface area contributed by atoms with E-state index in [-0.39, 0.29) is 12.8 Å². The van der Waals surface area contributed by atoms with Gasteiger partial charge in [0.2, 0.25) is 0 Å². The first-order valence-electron chi connectivity index (χ1n) is 3.65. The van der Waals surface area contributed by atoms with Gasteiger partial charge in [-0.05, 0) is 26.2 Å². The average Bonchev–Trinajstić information content (AvgIpc) is 1.84. The van der Waals surface area contributed by atoms with Crippen molar-refractivity contribution in [2.45, 2.75) is 43.8 Å². The number of aliphatic hydroxyl groups is 2. The van der Waals surface area contributed by atoms with Crippen molar-refractivity contribution < 1.29 is 19.0 Å². The Hall–Kier alpha value is -0.220. The first-order valence-corrected chi connectivity index (χ1v) is 3.65. The third-order valence-corrected chi connectivity index (χ3v) is 2.29. The predicted molar refractivity (Wildman–Crippen MR) is 35.4 cm³/mol. The van der Waals surface area contributed by atoms with Gasteiger partial charge in [0, 0.05) is 0 Å². The summed E-state index contributed by atoms with van der Waals surface area (Å²) in [5, 5.41) is 18.1. The van der Waals surface area contributed by atoms with Crippen molar-refractivity contribution in [1.82, 2.24) is 0 Å². The molecule has 0 aromatic heterocycles. The largest absolute Gasteiger partial charge is 0.384 e. The summed E-state index contributed by atoms with van der Waals surface area (Å²) in [5.41, 5.74) is -1.94. The Morgan fingerprint density at radius 3 is 2.36 bits per heavy atom. The quantitative estimate of drug-likeness (QED) is 0.561. The van der Waals surface area contributed by atoms with Crippen molar-refractivity contribution in [2.24, 2.45) is 0 Å². The van der Waals surface area contributed by atoms with E-state index >= 15 is 0 Å². The lowest BCUT2D eigenvalue weighted by Crippen LogP contribution is -2.57. The first kappa shape index (κ1) is 8.87. The van der Waals surface area contributed by atoms with Crippen LogP contribution in [0.1, 0.15) is 26.2 Å². The molecule has 0 saturated heterocycles. The van der Waals surface area contributed by atoms with Crippen molar-refractivity contribution in [2.75, 3.05) is 0 Å². The van der Waals surface area contributed by atoms with Crippen LogP contribution in [0.4, 0.5) is 8.78 Å². The Kier molecular flexibility index (Phi) is 1.92. The Morgan fingerprint density at radius 1 is 1.45 bits per heavy atom. The number of rotatable bonds is 0. The second kappa shape index (κ2) is 2.38. The Morgan fingerprint density at radius 2 is 2.00 bits per heavy atom. The second-order valence-electron chi connectivity index (χ2n) is 3.31. The summed E-state index contributed by atoms with van der Waals surface area (Å²) in [6, 6.07) is 0. The molecule has 2 N–H and O–H groups in total. The van der Waals surface area contributed by atoms with Crippen LogP contribution in [0.3, 0.4) is 0 Å². The van der Waals surface area contributed by atoms with Crippen LogP contribution in [0.25, 0.3) is 0 Å². The van der Waals surface area contributed by atoms with Gasteiger partial charge in [0.1, 0.15) is 5.60 Å². The van der Waals surface area contributed by atoms with Gasteiger partial charge >= 0.3 is 0 Å². The minimum absolute atomic E-state index is 0.0247. The van der Waals surface area contributed by atoms with Gasteiger partial charge in [-0.25, -0.2) is 8.78 Å². The van der Waals surface area contributed by atoms with Gasteiger partial charge in [0.15, 0.2) is 6.17 Å². The van der Waals surface area contributed by atoms with E-state index in [4.69, 9.17) is 5.11 Å². The van der Waals surface area contributed by atoms with Crippen molar-refractivity contribution in [3.8, 4) is 0 Å². The molecular formula is C7H12F2O2. The van der Waals surface area contributed by atoms with E-state index in [1.807, 2.05) is 0 Å². The zero-order valence-electron chi connectivity index (χ0n) is 6.35. The zero-order chi connectivity index (χ0) is 8.70. The van der Waals surface area contributed by atoms with E-state index < -0.39 is 17.6 Å². The summed E-state index contributed by atoms with van der Waals surface area (Å²) in [5.74, 6) is -3.08. The van der Waals surface area contributed by atoms with Gasteiger partial charge in [-0.1, -0.05) is 0 Å². The van der Waals surface area contributed by atoms with Crippen molar-refractivity contribution >= 4 is 0 Å². The molecule has 0 aliphatic heterocycles. The summed E-state index contributed by atoms with van der Waals surface area (Å²) in [6.45, 7) is 1.11. The van der Waals surface area contributed by atoms with Crippen molar-refractivity contribution in [3.63, 3.8) is 0 Å². The molecule has 66 valence electrons. The highest BCUT2D eigenvalue weighted by molar-refractivity contribution is 4.97. The summed E-state index contributed by atoms with van der Waals surface area (Å²) < 4.78 is 25.6. The number of alkyl halides is 2. The van der Waals surface area contributed by atoms with Gasteiger partial charge < -0.3 is 10.2 Å². The number of halogens is 2. The molecule has 4 heteroatoms. The summed E-state index contributed by atoms with van der Waals surface area (Å²) >= 11 is 0. The topological polar surface area (TPSA) is 40.5 Å². The molecule has 0 aromatic carbocycles. The fraction of sp³-hybridized carbons (Fsp3) is 1.00. The summed E-state index contributed by atoms with van der Waals surface area (Å²) in [4.78, 5) is 0. The molecule has 0 amide bonds. The van der Waals surface area contributed by atoms with Crippen molar-refractivity contribution in [1.29, 1.82) is 0 Å². The molecule has 1 rings (SSSR count). The predicted octanol–water partition coefficient (Wildman–Crippen LogP) is 0.917. The van der Waals surface area contributed by atoms with Crippen LogP contribution >= 0.6 is 0 Å². The van der Waals surface area contributed by atoms with Gasteiger partial charge in [-0.15, -0.1) is 0 Å². The Balaban J connectivity index is 2.82. The van der Waals surface area contributed by atoms with E-state index in [9.17, 15) is 13.9 Å². The van der Waals surface area contributed by atoms with Crippen molar-refractivity contribution in [3.05, 3.63) is 0 Å². The second-order valence-corrected chi connectivity index (χ2v) is 3.31. The van der Waals surface area contributed by atoms with Crippen LogP contribution in [-0.4, -0.2) is 27.8 Å². The van der Waals surface area contributed by atoms with Crippen LogP contribution in [0.2, 0.25) is 0 Å². The first-order chi connectivity index (χ1) is 4.88. The minimum Gasteiger partial charge on any atom is -0.384 e. The molecule has 3 unspecified atom stereocenters. The van der Waals surface area contributed by atoms with Gasteiger partial charge in [-0.3, -0.25) is 0 Å². The molecule has 0 heterocycles. The van der Waals surface area contributed by atoms with Crippen LogP contribution in [0.15, 0.2) is 0 Å². The molecule has 1 aliphatic rings.